The molecule has 0 saturated carbocycles. The predicted octanol–water partition coefficient (Wildman–Crippen LogP) is 4.79. The molecule has 1 N–H and O–H groups in total. The maximum Gasteiger partial charge on any atom is 0.416 e. The normalized spacial score (nSPS) is 17.3. The third-order valence-corrected chi connectivity index (χ3v) is 4.45. The highest BCUT2D eigenvalue weighted by Gasteiger charge is 2.30. The average Bonchev–Trinajstić information content (AvgIpc) is 2.98. The van der Waals surface area contributed by atoms with Crippen molar-refractivity contribution in [1.82, 2.24) is 9.78 Å². The van der Waals surface area contributed by atoms with Crippen molar-refractivity contribution in [2.75, 3.05) is 6.61 Å². The molecule has 2 aromatic rings. The molecule has 1 aliphatic rings. The number of rotatable bonds is 5. The van der Waals surface area contributed by atoms with E-state index in [2.05, 4.69) is 21.0 Å². The predicted molar refractivity (Wildman–Crippen MR) is 95.3 cm³/mol. The van der Waals surface area contributed by atoms with Gasteiger partial charge in [0, 0.05) is 10.9 Å². The van der Waals surface area contributed by atoms with Crippen molar-refractivity contribution in [2.45, 2.75) is 24.0 Å². The molecule has 1 heterocycles. The van der Waals surface area contributed by atoms with Crippen molar-refractivity contribution < 1.29 is 23.0 Å². The standard InChI is InChI=1S/C18H16BrF3N2O2/c19-14-3-1-2-12(10-14)16-11-17(24(23-16)8-9-25)26-15-6-4-13(5-7-15)18(20,21)22/h1-7,11,14,25H,8-10H2. The molecule has 1 aromatic carbocycles. The lowest BCUT2D eigenvalue weighted by atomic mass is 10.0. The smallest absolute Gasteiger partial charge is 0.416 e. The number of aliphatic hydroxyl groups excluding tert-OH is 1. The highest BCUT2D eigenvalue weighted by molar-refractivity contribution is 9.09. The Morgan fingerprint density at radius 2 is 2.00 bits per heavy atom. The zero-order chi connectivity index (χ0) is 18.7. The van der Waals surface area contributed by atoms with Gasteiger partial charge in [0.05, 0.1) is 24.4 Å². The fraction of sp³-hybridized carbons (Fsp3) is 0.278. The van der Waals surface area contributed by atoms with Crippen LogP contribution in [0.1, 0.15) is 17.7 Å². The number of halogens is 4. The Morgan fingerprint density at radius 3 is 2.62 bits per heavy atom. The highest BCUT2D eigenvalue weighted by atomic mass is 79.9. The maximum atomic E-state index is 12.7. The van der Waals surface area contributed by atoms with Gasteiger partial charge in [-0.2, -0.15) is 18.3 Å². The van der Waals surface area contributed by atoms with Crippen LogP contribution < -0.4 is 4.74 Å². The number of benzene rings is 1. The van der Waals surface area contributed by atoms with Crippen molar-refractivity contribution in [2.24, 2.45) is 0 Å². The monoisotopic (exact) mass is 428 g/mol. The van der Waals surface area contributed by atoms with E-state index in [0.29, 0.717) is 11.6 Å². The summed E-state index contributed by atoms with van der Waals surface area (Å²) in [6.45, 7) is 0.0847. The van der Waals surface area contributed by atoms with Crippen molar-refractivity contribution in [3.8, 4) is 11.6 Å². The molecule has 0 amide bonds. The Hall–Kier alpha value is -2.06. The van der Waals surface area contributed by atoms with Crippen molar-refractivity contribution in [3.05, 3.63) is 59.8 Å². The molecule has 138 valence electrons. The van der Waals surface area contributed by atoms with E-state index in [1.165, 1.54) is 16.8 Å². The van der Waals surface area contributed by atoms with Crippen LogP contribution in [0.15, 0.2) is 48.6 Å². The summed E-state index contributed by atoms with van der Waals surface area (Å²) in [5.41, 5.74) is 0.967. The summed E-state index contributed by atoms with van der Waals surface area (Å²) < 4.78 is 45.1. The second-order valence-electron chi connectivity index (χ2n) is 5.74. The number of nitrogens with zero attached hydrogens (tertiary/aromatic N) is 2. The van der Waals surface area contributed by atoms with Gasteiger partial charge in [-0.1, -0.05) is 34.2 Å². The number of ether oxygens (including phenoxy) is 1. The Morgan fingerprint density at radius 1 is 1.27 bits per heavy atom. The summed E-state index contributed by atoms with van der Waals surface area (Å²) in [6, 6.07) is 6.17. The number of aromatic nitrogens is 2. The van der Waals surface area contributed by atoms with Crippen molar-refractivity contribution in [3.63, 3.8) is 0 Å². The number of hydrogen-bond donors (Lipinski definition) is 1. The Labute approximate surface area is 156 Å². The first-order valence-electron chi connectivity index (χ1n) is 7.92. The second-order valence-corrected chi connectivity index (χ2v) is 6.91. The molecule has 4 nitrogen and oxygen atoms in total. The fourth-order valence-electron chi connectivity index (χ4n) is 2.55. The molecule has 26 heavy (non-hydrogen) atoms. The van der Waals surface area contributed by atoms with E-state index in [4.69, 9.17) is 4.74 Å². The lowest BCUT2D eigenvalue weighted by Gasteiger charge is -2.10. The largest absolute Gasteiger partial charge is 0.439 e. The SMILES string of the molecule is OCCn1nc(C2=CC=CC(Br)C2)cc1Oc1ccc(C(F)(F)F)cc1. The van der Waals surface area contributed by atoms with E-state index in [9.17, 15) is 18.3 Å². The van der Waals surface area contributed by atoms with Crippen molar-refractivity contribution in [1.29, 1.82) is 0 Å². The molecule has 0 spiro atoms. The van der Waals surface area contributed by atoms with Gasteiger partial charge < -0.3 is 9.84 Å². The van der Waals surface area contributed by atoms with E-state index in [-0.39, 0.29) is 23.7 Å². The van der Waals surface area contributed by atoms with Gasteiger partial charge in [0.2, 0.25) is 5.88 Å². The average molecular weight is 429 g/mol. The molecule has 0 aliphatic heterocycles. The second kappa shape index (κ2) is 7.67. The first kappa shape index (κ1) is 18.7. The van der Waals surface area contributed by atoms with E-state index >= 15 is 0 Å². The van der Waals surface area contributed by atoms with E-state index in [1.54, 1.807) is 6.07 Å². The molecule has 1 unspecified atom stereocenters. The van der Waals surface area contributed by atoms with Crippen LogP contribution in [0, 0.1) is 0 Å². The highest BCUT2D eigenvalue weighted by Crippen LogP contribution is 2.33. The zero-order valence-electron chi connectivity index (χ0n) is 13.6. The van der Waals surface area contributed by atoms with E-state index < -0.39 is 11.7 Å². The van der Waals surface area contributed by atoms with Gasteiger partial charge in [-0.15, -0.1) is 0 Å². The lowest BCUT2D eigenvalue weighted by Crippen LogP contribution is -2.07. The Kier molecular flexibility index (Phi) is 5.52. The fourth-order valence-corrected chi connectivity index (χ4v) is 3.08. The van der Waals surface area contributed by atoms with Gasteiger partial charge in [0.15, 0.2) is 0 Å². The van der Waals surface area contributed by atoms with Crippen LogP contribution in [-0.2, 0) is 12.7 Å². The topological polar surface area (TPSA) is 47.3 Å². The van der Waals surface area contributed by atoms with Crippen LogP contribution in [0.3, 0.4) is 0 Å². The van der Waals surface area contributed by atoms with Crippen LogP contribution in [0.25, 0.3) is 5.57 Å². The molecular weight excluding hydrogens is 413 g/mol. The van der Waals surface area contributed by atoms with Gasteiger partial charge in [-0.3, -0.25) is 0 Å². The minimum absolute atomic E-state index is 0.134. The summed E-state index contributed by atoms with van der Waals surface area (Å²) >= 11 is 3.53. The van der Waals surface area contributed by atoms with Gasteiger partial charge >= 0.3 is 6.18 Å². The molecule has 8 heteroatoms. The van der Waals surface area contributed by atoms with Crippen LogP contribution in [0.2, 0.25) is 0 Å². The summed E-state index contributed by atoms with van der Waals surface area (Å²) in [5, 5.41) is 13.7. The number of aliphatic hydroxyl groups is 1. The van der Waals surface area contributed by atoms with E-state index in [1.807, 2.05) is 18.2 Å². The maximum absolute atomic E-state index is 12.7. The van der Waals surface area contributed by atoms with Gasteiger partial charge in [-0.05, 0) is 36.3 Å². The first-order chi connectivity index (χ1) is 12.4. The van der Waals surface area contributed by atoms with Crippen LogP contribution in [0.4, 0.5) is 13.2 Å². The number of alkyl halides is 4. The molecular formula is C18H16BrF3N2O2. The molecule has 1 aliphatic carbocycles. The van der Waals surface area contributed by atoms with Gasteiger partial charge in [0.25, 0.3) is 0 Å². The number of hydrogen-bond acceptors (Lipinski definition) is 3. The quantitative estimate of drug-likeness (QED) is 0.696. The minimum atomic E-state index is -4.39. The zero-order valence-corrected chi connectivity index (χ0v) is 15.2. The molecule has 3 rings (SSSR count). The lowest BCUT2D eigenvalue weighted by molar-refractivity contribution is -0.137. The molecule has 0 fully saturated rings. The van der Waals surface area contributed by atoms with Crippen LogP contribution >= 0.6 is 15.9 Å². The van der Waals surface area contributed by atoms with Crippen LogP contribution in [-0.4, -0.2) is 26.3 Å². The molecule has 1 atom stereocenters. The Balaban J connectivity index is 1.84. The minimum Gasteiger partial charge on any atom is -0.439 e. The molecule has 0 saturated heterocycles. The van der Waals surface area contributed by atoms with E-state index in [0.717, 1.165) is 24.1 Å². The summed E-state index contributed by atoms with van der Waals surface area (Å²) in [6.07, 6.45) is 2.27. The third kappa shape index (κ3) is 4.37. The van der Waals surface area contributed by atoms with Gasteiger partial charge in [0.1, 0.15) is 5.75 Å². The van der Waals surface area contributed by atoms with Crippen molar-refractivity contribution >= 4 is 21.5 Å². The van der Waals surface area contributed by atoms with Gasteiger partial charge in [-0.25, -0.2) is 4.68 Å². The molecule has 0 radical (unpaired) electrons. The number of allylic oxidation sites excluding steroid dienone is 4. The Bertz CT molecular complexity index is 826. The summed E-state index contributed by atoms with van der Waals surface area (Å²) in [4.78, 5) is 0.213. The molecule has 0 bridgehead atoms. The first-order valence-corrected chi connectivity index (χ1v) is 8.84. The third-order valence-electron chi connectivity index (χ3n) is 3.82. The molecule has 1 aromatic heterocycles. The summed E-state index contributed by atoms with van der Waals surface area (Å²) in [7, 11) is 0. The summed E-state index contributed by atoms with van der Waals surface area (Å²) in [5.74, 6) is 0.620. The van der Waals surface area contributed by atoms with Crippen LogP contribution in [0.5, 0.6) is 11.6 Å².